The van der Waals surface area contributed by atoms with Gasteiger partial charge in [0.25, 0.3) is 0 Å². The van der Waals surface area contributed by atoms with E-state index in [9.17, 15) is 13.2 Å². The second-order valence-corrected chi connectivity index (χ2v) is 5.36. The number of halogens is 1. The van der Waals surface area contributed by atoms with Crippen LogP contribution in [-0.4, -0.2) is 31.0 Å². The lowest BCUT2D eigenvalue weighted by atomic mass is 10.4. The van der Waals surface area contributed by atoms with Crippen LogP contribution in [0.4, 0.5) is 0 Å². The van der Waals surface area contributed by atoms with E-state index in [0.717, 1.165) is 6.42 Å². The molecule has 0 heterocycles. The Kier molecular flexibility index (Phi) is 5.74. The van der Waals surface area contributed by atoms with Crippen LogP contribution in [-0.2, 0) is 14.6 Å². The maximum absolute atomic E-state index is 11.1. The number of unbranched alkanes of at least 4 members (excludes halogenated alkanes) is 1. The molecule has 0 aromatic rings. The maximum Gasteiger partial charge on any atom is 0.158 e. The minimum atomic E-state index is -3.13. The smallest absolute Gasteiger partial charge is 0.158 e. The first-order valence-corrected chi connectivity index (χ1v) is 6.74. The first kappa shape index (κ1) is 12.1. The summed E-state index contributed by atoms with van der Waals surface area (Å²) in [5.74, 6) is -0.466. The molecular weight excluding hydrogens is 244 g/mol. The molecule has 12 heavy (non-hydrogen) atoms. The number of ketones is 1. The van der Waals surface area contributed by atoms with E-state index >= 15 is 0 Å². The lowest BCUT2D eigenvalue weighted by molar-refractivity contribution is -0.114. The Morgan fingerprint density at radius 2 is 2.00 bits per heavy atom. The molecule has 0 aromatic heterocycles. The van der Waals surface area contributed by atoms with Crippen molar-refractivity contribution < 1.29 is 13.2 Å². The fourth-order valence-corrected chi connectivity index (χ4v) is 2.65. The van der Waals surface area contributed by atoms with Crippen LogP contribution >= 0.6 is 15.9 Å². The number of Topliss-reactive ketones (excluding diaryl/α,β-unsaturated/α-hetero) is 1. The van der Waals surface area contributed by atoms with Gasteiger partial charge in [-0.2, -0.15) is 0 Å². The van der Waals surface area contributed by atoms with Gasteiger partial charge < -0.3 is 0 Å². The van der Waals surface area contributed by atoms with E-state index in [-0.39, 0.29) is 22.6 Å². The van der Waals surface area contributed by atoms with Crippen LogP contribution in [0, 0.1) is 0 Å². The monoisotopic (exact) mass is 256 g/mol. The zero-order valence-electron chi connectivity index (χ0n) is 7.05. The van der Waals surface area contributed by atoms with Crippen molar-refractivity contribution in [1.29, 1.82) is 0 Å². The van der Waals surface area contributed by atoms with Gasteiger partial charge in [0.1, 0.15) is 5.75 Å². The normalized spacial score (nSPS) is 11.5. The van der Waals surface area contributed by atoms with Crippen LogP contribution in [0.15, 0.2) is 0 Å². The fourth-order valence-electron chi connectivity index (χ4n) is 0.720. The third-order valence-electron chi connectivity index (χ3n) is 1.34. The van der Waals surface area contributed by atoms with Crippen LogP contribution in [0.5, 0.6) is 0 Å². The summed E-state index contributed by atoms with van der Waals surface area (Å²) in [7, 11) is -3.13. The Morgan fingerprint density at radius 3 is 2.42 bits per heavy atom. The molecule has 72 valence electrons. The lowest BCUT2D eigenvalue weighted by Crippen LogP contribution is -2.19. The second kappa shape index (κ2) is 5.70. The van der Waals surface area contributed by atoms with Crippen molar-refractivity contribution in [2.75, 3.05) is 16.8 Å². The Morgan fingerprint density at radius 1 is 1.42 bits per heavy atom. The highest BCUT2D eigenvalue weighted by molar-refractivity contribution is 9.09. The molecule has 5 heteroatoms. The highest BCUT2D eigenvalue weighted by Crippen LogP contribution is 1.98. The highest BCUT2D eigenvalue weighted by Gasteiger charge is 2.14. The van der Waals surface area contributed by atoms with E-state index in [1.54, 1.807) is 0 Å². The summed E-state index contributed by atoms with van der Waals surface area (Å²) in [6, 6.07) is 0. The molecule has 0 aliphatic carbocycles. The van der Waals surface area contributed by atoms with Crippen LogP contribution < -0.4 is 0 Å². The average Bonchev–Trinajstić information content (AvgIpc) is 2.00. The third-order valence-corrected chi connectivity index (χ3v) is 3.64. The molecule has 3 nitrogen and oxygen atoms in total. The Hall–Kier alpha value is 0.1000. The molecule has 0 aliphatic rings. The van der Waals surface area contributed by atoms with Gasteiger partial charge in [-0.1, -0.05) is 29.3 Å². The third kappa shape index (κ3) is 5.71. The van der Waals surface area contributed by atoms with Crippen molar-refractivity contribution in [2.45, 2.75) is 19.8 Å². The van der Waals surface area contributed by atoms with Crippen molar-refractivity contribution in [3.05, 3.63) is 0 Å². The molecule has 0 saturated heterocycles. The van der Waals surface area contributed by atoms with Crippen LogP contribution in [0.3, 0.4) is 0 Å². The number of sulfone groups is 1. The first-order chi connectivity index (χ1) is 5.52. The minimum absolute atomic E-state index is 0.123. The summed E-state index contributed by atoms with van der Waals surface area (Å²) in [6.07, 6.45) is 1.47. The van der Waals surface area contributed by atoms with Gasteiger partial charge in [0.2, 0.25) is 0 Å². The van der Waals surface area contributed by atoms with Crippen molar-refractivity contribution >= 4 is 31.6 Å². The number of rotatable bonds is 6. The van der Waals surface area contributed by atoms with Gasteiger partial charge in [-0.25, -0.2) is 8.42 Å². The van der Waals surface area contributed by atoms with Gasteiger partial charge in [0.15, 0.2) is 15.6 Å². The zero-order chi connectivity index (χ0) is 9.61. The van der Waals surface area contributed by atoms with E-state index in [2.05, 4.69) is 15.9 Å². The molecule has 0 unspecified atom stereocenters. The van der Waals surface area contributed by atoms with E-state index in [0.29, 0.717) is 6.42 Å². The average molecular weight is 257 g/mol. The number of alkyl halides is 1. The maximum atomic E-state index is 11.1. The van der Waals surface area contributed by atoms with E-state index in [4.69, 9.17) is 0 Å². The molecule has 0 aliphatic heterocycles. The fraction of sp³-hybridized carbons (Fsp3) is 0.857. The molecule has 0 amide bonds. The highest BCUT2D eigenvalue weighted by atomic mass is 79.9. The zero-order valence-corrected chi connectivity index (χ0v) is 9.45. The standard InChI is InChI=1S/C7H13BrO3S/c1-2-3-4-12(10,11)6-7(9)5-8/h2-6H2,1H3. The summed E-state index contributed by atoms with van der Waals surface area (Å²) in [4.78, 5) is 10.8. The predicted molar refractivity (Wildman–Crippen MR) is 52.4 cm³/mol. The first-order valence-electron chi connectivity index (χ1n) is 3.80. The molecule has 0 bridgehead atoms. The quantitative estimate of drug-likeness (QED) is 0.671. The number of carbonyl (C=O) groups excluding carboxylic acids is 1. The summed E-state index contributed by atoms with van der Waals surface area (Å²) < 4.78 is 22.2. The van der Waals surface area contributed by atoms with Gasteiger partial charge in [-0.15, -0.1) is 0 Å². The molecule has 0 N–H and O–H groups in total. The summed E-state index contributed by atoms with van der Waals surface area (Å²) in [5.41, 5.74) is 0. The van der Waals surface area contributed by atoms with E-state index < -0.39 is 9.84 Å². The summed E-state index contributed by atoms with van der Waals surface area (Å²) in [6.45, 7) is 1.92. The minimum Gasteiger partial charge on any atom is -0.298 e. The SMILES string of the molecule is CCCCS(=O)(=O)CC(=O)CBr. The molecule has 0 spiro atoms. The largest absolute Gasteiger partial charge is 0.298 e. The molecule has 0 atom stereocenters. The summed E-state index contributed by atoms with van der Waals surface area (Å²) in [5, 5.41) is 0.123. The van der Waals surface area contributed by atoms with Crippen molar-refractivity contribution in [3.63, 3.8) is 0 Å². The molecule has 0 fully saturated rings. The topological polar surface area (TPSA) is 51.2 Å². The summed E-state index contributed by atoms with van der Waals surface area (Å²) >= 11 is 2.92. The second-order valence-electron chi connectivity index (χ2n) is 2.62. The number of carbonyl (C=O) groups is 1. The Balaban J connectivity index is 3.96. The van der Waals surface area contributed by atoms with Crippen molar-refractivity contribution in [1.82, 2.24) is 0 Å². The molecular formula is C7H13BrO3S. The van der Waals surface area contributed by atoms with E-state index in [1.807, 2.05) is 6.92 Å². The van der Waals surface area contributed by atoms with E-state index in [1.165, 1.54) is 0 Å². The number of hydrogen-bond donors (Lipinski definition) is 0. The van der Waals surface area contributed by atoms with Crippen LogP contribution in [0.25, 0.3) is 0 Å². The van der Waals surface area contributed by atoms with Gasteiger partial charge in [0, 0.05) is 0 Å². The van der Waals surface area contributed by atoms with Gasteiger partial charge in [-0.3, -0.25) is 4.79 Å². The van der Waals surface area contributed by atoms with Crippen LogP contribution in [0.2, 0.25) is 0 Å². The van der Waals surface area contributed by atoms with Crippen molar-refractivity contribution in [3.8, 4) is 0 Å². The van der Waals surface area contributed by atoms with Crippen molar-refractivity contribution in [2.24, 2.45) is 0 Å². The molecule has 0 rings (SSSR count). The lowest BCUT2D eigenvalue weighted by Gasteiger charge is -1.99. The van der Waals surface area contributed by atoms with Gasteiger partial charge in [0.05, 0.1) is 11.1 Å². The van der Waals surface area contributed by atoms with Gasteiger partial charge >= 0.3 is 0 Å². The molecule has 0 radical (unpaired) electrons. The molecule has 0 aromatic carbocycles. The van der Waals surface area contributed by atoms with Gasteiger partial charge in [-0.05, 0) is 6.42 Å². The van der Waals surface area contributed by atoms with Crippen LogP contribution in [0.1, 0.15) is 19.8 Å². The number of hydrogen-bond acceptors (Lipinski definition) is 3. The predicted octanol–water partition coefficient (Wildman–Crippen LogP) is 1.17. The molecule has 0 saturated carbocycles. The Labute approximate surface area is 81.6 Å². The Bertz CT molecular complexity index is 233.